The summed E-state index contributed by atoms with van der Waals surface area (Å²) >= 11 is 6.34. The van der Waals surface area contributed by atoms with Crippen molar-refractivity contribution in [2.45, 2.75) is 50.6 Å². The third kappa shape index (κ3) is 3.98. The number of pyridine rings is 1. The Hall–Kier alpha value is -2.78. The molecule has 1 saturated heterocycles. The fraction of sp³-hybridized carbons (Fsp3) is 0.519. The Labute approximate surface area is 219 Å². The van der Waals surface area contributed by atoms with Crippen LogP contribution in [0.2, 0.25) is 5.02 Å². The number of alkyl halides is 2. The molecule has 1 aromatic carbocycles. The van der Waals surface area contributed by atoms with E-state index in [1.807, 2.05) is 30.3 Å². The summed E-state index contributed by atoms with van der Waals surface area (Å²) in [7, 11) is 1.67. The predicted octanol–water partition coefficient (Wildman–Crippen LogP) is 5.07. The van der Waals surface area contributed by atoms with Crippen LogP contribution in [-0.2, 0) is 13.1 Å². The molecule has 10 heteroatoms. The first-order chi connectivity index (χ1) is 17.8. The molecular formula is C27H29ClF2N6O. The highest BCUT2D eigenvalue weighted by Crippen LogP contribution is 2.57. The van der Waals surface area contributed by atoms with E-state index >= 15 is 0 Å². The minimum atomic E-state index is -2.69. The van der Waals surface area contributed by atoms with Crippen molar-refractivity contribution in [2.75, 3.05) is 31.6 Å². The van der Waals surface area contributed by atoms with Crippen molar-refractivity contribution in [3.05, 3.63) is 58.8 Å². The number of hydrogen-bond acceptors (Lipinski definition) is 6. The lowest BCUT2D eigenvalue weighted by atomic mass is 9.57. The molecule has 0 N–H and O–H groups in total. The minimum Gasteiger partial charge on any atom is -0.493 e. The number of fused-ring (bicyclic) bond motifs is 3. The molecule has 194 valence electrons. The number of halogens is 3. The standard InChI is InChI=1S/C27H29ClF2N6O/c1-37-22-3-2-8-31-25(22)35-14-26(15-35)10-18(11-26)24-33-32-23-13-34(16-27(29,30)19-4-5-19)12-17-9-20(28)6-7-21(17)36(23)24/h2-3,6-9,18-19H,4-5,10-16H2,1H3. The third-order valence-electron chi connectivity index (χ3n) is 8.45. The first-order valence-corrected chi connectivity index (χ1v) is 13.3. The van der Waals surface area contributed by atoms with E-state index < -0.39 is 11.8 Å². The van der Waals surface area contributed by atoms with E-state index in [1.165, 1.54) is 0 Å². The van der Waals surface area contributed by atoms with E-state index in [9.17, 15) is 8.78 Å². The van der Waals surface area contributed by atoms with Crippen LogP contribution in [0.25, 0.3) is 5.69 Å². The van der Waals surface area contributed by atoms with E-state index in [1.54, 1.807) is 18.2 Å². The number of benzene rings is 1. The smallest absolute Gasteiger partial charge is 0.263 e. The van der Waals surface area contributed by atoms with Gasteiger partial charge in [0.2, 0.25) is 0 Å². The Balaban J connectivity index is 1.12. The molecule has 2 aromatic heterocycles. The summed E-state index contributed by atoms with van der Waals surface area (Å²) in [6.45, 7) is 2.36. The molecule has 0 amide bonds. The number of hydrogen-bond donors (Lipinski definition) is 0. The van der Waals surface area contributed by atoms with Gasteiger partial charge in [0.05, 0.1) is 25.9 Å². The molecule has 37 heavy (non-hydrogen) atoms. The summed E-state index contributed by atoms with van der Waals surface area (Å²) in [6, 6.07) is 9.55. The van der Waals surface area contributed by atoms with Crippen LogP contribution in [0.1, 0.15) is 48.8 Å². The molecule has 7 rings (SSSR count). The third-order valence-corrected chi connectivity index (χ3v) is 8.69. The van der Waals surface area contributed by atoms with Crippen molar-refractivity contribution in [2.24, 2.45) is 11.3 Å². The van der Waals surface area contributed by atoms with E-state index in [0.29, 0.717) is 31.0 Å². The highest BCUT2D eigenvalue weighted by Gasteiger charge is 2.55. The van der Waals surface area contributed by atoms with E-state index in [4.69, 9.17) is 16.3 Å². The van der Waals surface area contributed by atoms with Crippen molar-refractivity contribution < 1.29 is 13.5 Å². The molecule has 1 spiro atoms. The second-order valence-corrected chi connectivity index (χ2v) is 11.7. The number of aromatic nitrogens is 4. The normalized spacial score (nSPS) is 21.1. The van der Waals surface area contributed by atoms with Gasteiger partial charge in [0.15, 0.2) is 17.4 Å². The highest BCUT2D eigenvalue weighted by atomic mass is 35.5. The molecule has 0 atom stereocenters. The number of nitrogens with zero attached hydrogens (tertiary/aromatic N) is 6. The van der Waals surface area contributed by atoms with Crippen LogP contribution in [0.3, 0.4) is 0 Å². The Morgan fingerprint density at radius 2 is 1.95 bits per heavy atom. The molecule has 3 fully saturated rings. The molecule has 0 unspecified atom stereocenters. The van der Waals surface area contributed by atoms with Crippen molar-refractivity contribution in [3.63, 3.8) is 0 Å². The quantitative estimate of drug-likeness (QED) is 0.447. The molecule has 4 heterocycles. The largest absolute Gasteiger partial charge is 0.493 e. The zero-order chi connectivity index (χ0) is 25.4. The monoisotopic (exact) mass is 526 g/mol. The van der Waals surface area contributed by atoms with Gasteiger partial charge in [-0.15, -0.1) is 10.2 Å². The van der Waals surface area contributed by atoms with Crippen LogP contribution >= 0.6 is 11.6 Å². The lowest BCUT2D eigenvalue weighted by Gasteiger charge is -2.59. The second kappa shape index (κ2) is 8.36. The van der Waals surface area contributed by atoms with E-state index in [2.05, 4.69) is 24.6 Å². The SMILES string of the molecule is COc1cccnc1N1CC2(CC(c3nnc4n3-c3ccc(Cl)cc3CN(CC(F)(F)C3CC3)C4)C2)C1. The lowest BCUT2D eigenvalue weighted by Crippen LogP contribution is -2.62. The summed E-state index contributed by atoms with van der Waals surface area (Å²) in [6.07, 6.45) is 5.05. The Morgan fingerprint density at radius 3 is 2.70 bits per heavy atom. The van der Waals surface area contributed by atoms with Crippen molar-refractivity contribution >= 4 is 17.4 Å². The van der Waals surface area contributed by atoms with Crippen LogP contribution in [0, 0.1) is 11.3 Å². The summed E-state index contributed by atoms with van der Waals surface area (Å²) in [5.74, 6) is 0.418. The van der Waals surface area contributed by atoms with Crippen LogP contribution in [-0.4, -0.2) is 57.3 Å². The maximum absolute atomic E-state index is 14.8. The summed E-state index contributed by atoms with van der Waals surface area (Å²) < 4.78 is 37.1. The van der Waals surface area contributed by atoms with Crippen LogP contribution in [0.15, 0.2) is 36.5 Å². The molecule has 2 saturated carbocycles. The van der Waals surface area contributed by atoms with Gasteiger partial charge >= 0.3 is 0 Å². The van der Waals surface area contributed by atoms with Crippen molar-refractivity contribution in [1.82, 2.24) is 24.6 Å². The Bertz CT molecular complexity index is 1340. The maximum Gasteiger partial charge on any atom is 0.263 e. The van der Waals surface area contributed by atoms with Gasteiger partial charge in [-0.2, -0.15) is 0 Å². The van der Waals surface area contributed by atoms with Crippen LogP contribution in [0.4, 0.5) is 14.6 Å². The fourth-order valence-electron chi connectivity index (χ4n) is 6.52. The lowest BCUT2D eigenvalue weighted by molar-refractivity contribution is -0.0558. The average molecular weight is 527 g/mol. The van der Waals surface area contributed by atoms with E-state index in [-0.39, 0.29) is 17.9 Å². The molecule has 2 aliphatic carbocycles. The maximum atomic E-state index is 14.8. The molecule has 0 bridgehead atoms. The molecule has 4 aliphatic rings. The summed E-state index contributed by atoms with van der Waals surface area (Å²) in [5, 5.41) is 9.73. The molecule has 3 aromatic rings. The number of rotatable bonds is 6. The van der Waals surface area contributed by atoms with E-state index in [0.717, 1.165) is 60.4 Å². The Morgan fingerprint density at radius 1 is 1.14 bits per heavy atom. The topological polar surface area (TPSA) is 59.3 Å². The molecule has 2 aliphatic heterocycles. The second-order valence-electron chi connectivity index (χ2n) is 11.3. The first-order valence-electron chi connectivity index (χ1n) is 12.9. The number of methoxy groups -OCH3 is 1. The van der Waals surface area contributed by atoms with Crippen LogP contribution in [0.5, 0.6) is 5.75 Å². The van der Waals surface area contributed by atoms with Gasteiger partial charge in [-0.3, -0.25) is 9.47 Å². The van der Waals surface area contributed by atoms with Crippen LogP contribution < -0.4 is 9.64 Å². The number of anilines is 1. The van der Waals surface area contributed by atoms with Gasteiger partial charge in [-0.1, -0.05) is 11.6 Å². The van der Waals surface area contributed by atoms with Crippen molar-refractivity contribution in [1.29, 1.82) is 0 Å². The van der Waals surface area contributed by atoms with Gasteiger partial charge in [0.1, 0.15) is 5.82 Å². The zero-order valence-corrected chi connectivity index (χ0v) is 21.5. The zero-order valence-electron chi connectivity index (χ0n) is 20.7. The van der Waals surface area contributed by atoms with Gasteiger partial charge < -0.3 is 9.64 Å². The number of ether oxygens (including phenoxy) is 1. The van der Waals surface area contributed by atoms with Gasteiger partial charge in [0.25, 0.3) is 5.92 Å². The minimum absolute atomic E-state index is 0.242. The Kier molecular flexibility index (Phi) is 5.28. The highest BCUT2D eigenvalue weighted by molar-refractivity contribution is 6.30. The molecule has 7 nitrogen and oxygen atoms in total. The van der Waals surface area contributed by atoms with Gasteiger partial charge in [-0.25, -0.2) is 13.8 Å². The van der Waals surface area contributed by atoms with Crippen molar-refractivity contribution in [3.8, 4) is 11.4 Å². The molecular weight excluding hydrogens is 498 g/mol. The first kappa shape index (κ1) is 23.3. The van der Waals surface area contributed by atoms with Gasteiger partial charge in [0, 0.05) is 48.1 Å². The fourth-order valence-corrected chi connectivity index (χ4v) is 6.71. The molecule has 0 radical (unpaired) electrons. The summed E-state index contributed by atoms with van der Waals surface area (Å²) in [5.41, 5.74) is 2.13. The predicted molar refractivity (Wildman–Crippen MR) is 136 cm³/mol. The average Bonchev–Trinajstić information content (AvgIpc) is 3.63. The van der Waals surface area contributed by atoms with Gasteiger partial charge in [-0.05, 0) is 61.6 Å². The summed E-state index contributed by atoms with van der Waals surface area (Å²) in [4.78, 5) is 8.59.